The lowest BCUT2D eigenvalue weighted by molar-refractivity contribution is 0.191. The van der Waals surface area contributed by atoms with Gasteiger partial charge >= 0.3 is 0 Å². The minimum Gasteiger partial charge on any atom is -0.0745 e. The quantitative estimate of drug-likeness (QED) is 0.625. The van der Waals surface area contributed by atoms with Gasteiger partial charge in [0.05, 0.1) is 0 Å². The van der Waals surface area contributed by atoms with Gasteiger partial charge in [-0.1, -0.05) is 64.1 Å². The molecule has 80 valence electrons. The van der Waals surface area contributed by atoms with Crippen LogP contribution >= 0.6 is 0 Å². The van der Waals surface area contributed by atoms with Gasteiger partial charge in [-0.3, -0.25) is 0 Å². The fourth-order valence-corrected chi connectivity index (χ4v) is 2.22. The Bertz CT molecular complexity index is 380. The highest BCUT2D eigenvalue weighted by Gasteiger charge is 2.41. The summed E-state index contributed by atoms with van der Waals surface area (Å²) >= 11 is 0. The maximum atomic E-state index is 2.45. The number of rotatable bonds is 1. The van der Waals surface area contributed by atoms with Crippen LogP contribution in [0.25, 0.3) is 5.57 Å². The van der Waals surface area contributed by atoms with Crippen LogP contribution in [0.3, 0.4) is 0 Å². The van der Waals surface area contributed by atoms with Crippen LogP contribution in [0.15, 0.2) is 36.4 Å². The van der Waals surface area contributed by atoms with E-state index in [1.165, 1.54) is 17.6 Å². The lowest BCUT2D eigenvalue weighted by Gasteiger charge is -2.34. The predicted molar refractivity (Wildman–Crippen MR) is 66.6 cm³/mol. The molecule has 0 spiro atoms. The van der Waals surface area contributed by atoms with Crippen molar-refractivity contribution in [3.05, 3.63) is 42.0 Å². The van der Waals surface area contributed by atoms with Gasteiger partial charge in [0, 0.05) is 0 Å². The second kappa shape index (κ2) is 3.23. The van der Waals surface area contributed by atoms with Crippen LogP contribution in [0.4, 0.5) is 0 Å². The molecular formula is C15H20. The first kappa shape index (κ1) is 10.5. The van der Waals surface area contributed by atoms with E-state index < -0.39 is 0 Å². The first-order valence-corrected chi connectivity index (χ1v) is 5.70. The molecule has 1 aliphatic rings. The average Bonchev–Trinajstić information content (AvgIpc) is 2.38. The summed E-state index contributed by atoms with van der Waals surface area (Å²) in [6, 6.07) is 10.7. The summed E-state index contributed by atoms with van der Waals surface area (Å²) in [7, 11) is 0. The van der Waals surface area contributed by atoms with Gasteiger partial charge in [-0.05, 0) is 28.4 Å². The van der Waals surface area contributed by atoms with Gasteiger partial charge in [-0.15, -0.1) is 0 Å². The maximum Gasteiger partial charge on any atom is -0.0114 e. The molecule has 0 saturated carbocycles. The molecule has 0 heterocycles. The van der Waals surface area contributed by atoms with E-state index in [1.54, 1.807) is 0 Å². The first-order valence-electron chi connectivity index (χ1n) is 5.70. The lowest BCUT2D eigenvalue weighted by Crippen LogP contribution is -2.25. The molecule has 0 aromatic heterocycles. The van der Waals surface area contributed by atoms with Crippen molar-refractivity contribution >= 4 is 5.57 Å². The van der Waals surface area contributed by atoms with Gasteiger partial charge in [0.25, 0.3) is 0 Å². The molecule has 1 aromatic rings. The summed E-state index contributed by atoms with van der Waals surface area (Å²) in [4.78, 5) is 0. The van der Waals surface area contributed by atoms with E-state index in [-0.39, 0.29) is 0 Å². The second-order valence-corrected chi connectivity index (χ2v) is 5.82. The summed E-state index contributed by atoms with van der Waals surface area (Å²) < 4.78 is 0. The fraction of sp³-hybridized carbons (Fsp3) is 0.467. The standard InChI is InChI=1S/C15H20/c1-14(2)10-13(11-15(14,3)4)12-8-6-5-7-9-12/h5-10H,11H2,1-4H3. The molecule has 0 aliphatic heterocycles. The van der Waals surface area contributed by atoms with Crippen molar-refractivity contribution < 1.29 is 0 Å². The molecule has 0 nitrogen and oxygen atoms in total. The molecule has 2 rings (SSSR count). The minimum absolute atomic E-state index is 0.304. The van der Waals surface area contributed by atoms with Crippen molar-refractivity contribution in [2.75, 3.05) is 0 Å². The smallest absolute Gasteiger partial charge is 0.0114 e. The first-order chi connectivity index (χ1) is 6.92. The van der Waals surface area contributed by atoms with Crippen LogP contribution in [0, 0.1) is 10.8 Å². The van der Waals surface area contributed by atoms with E-state index in [9.17, 15) is 0 Å². The maximum absolute atomic E-state index is 2.45. The van der Waals surface area contributed by atoms with Gasteiger partial charge in [-0.25, -0.2) is 0 Å². The number of benzene rings is 1. The van der Waals surface area contributed by atoms with Crippen molar-refractivity contribution in [2.24, 2.45) is 10.8 Å². The van der Waals surface area contributed by atoms with Gasteiger partial charge in [-0.2, -0.15) is 0 Å². The molecule has 0 heteroatoms. The lowest BCUT2D eigenvalue weighted by atomic mass is 9.70. The Morgan fingerprint density at radius 2 is 1.53 bits per heavy atom. The van der Waals surface area contributed by atoms with Crippen LogP contribution < -0.4 is 0 Å². The Labute approximate surface area is 93.0 Å². The zero-order valence-electron chi connectivity index (χ0n) is 10.2. The molecule has 0 amide bonds. The summed E-state index contributed by atoms with van der Waals surface area (Å²) in [6.45, 7) is 9.39. The third-order valence-corrected chi connectivity index (χ3v) is 4.06. The van der Waals surface area contributed by atoms with E-state index in [0.717, 1.165) is 0 Å². The van der Waals surface area contributed by atoms with E-state index >= 15 is 0 Å². The Morgan fingerprint density at radius 3 is 2.00 bits per heavy atom. The molecule has 1 aliphatic carbocycles. The molecule has 0 radical (unpaired) electrons. The van der Waals surface area contributed by atoms with Crippen LogP contribution in [-0.4, -0.2) is 0 Å². The molecule has 0 unspecified atom stereocenters. The van der Waals surface area contributed by atoms with Crippen molar-refractivity contribution in [1.82, 2.24) is 0 Å². The monoisotopic (exact) mass is 200 g/mol. The van der Waals surface area contributed by atoms with Crippen molar-refractivity contribution in [2.45, 2.75) is 34.1 Å². The molecule has 0 atom stereocenters. The Morgan fingerprint density at radius 1 is 0.933 bits per heavy atom. The van der Waals surface area contributed by atoms with E-state index in [0.29, 0.717) is 10.8 Å². The highest BCUT2D eigenvalue weighted by atomic mass is 14.4. The summed E-state index contributed by atoms with van der Waals surface area (Å²) in [6.07, 6.45) is 3.63. The number of allylic oxidation sites excluding steroid dienone is 2. The zero-order chi connectivity index (χ0) is 11.1. The second-order valence-electron chi connectivity index (χ2n) is 5.82. The van der Waals surface area contributed by atoms with Gasteiger partial charge in [0.2, 0.25) is 0 Å². The van der Waals surface area contributed by atoms with Crippen molar-refractivity contribution in [3.63, 3.8) is 0 Å². The highest BCUT2D eigenvalue weighted by Crippen LogP contribution is 2.52. The number of hydrogen-bond acceptors (Lipinski definition) is 0. The molecule has 0 N–H and O–H groups in total. The summed E-state index contributed by atoms with van der Waals surface area (Å²) in [5.74, 6) is 0. The zero-order valence-corrected chi connectivity index (χ0v) is 10.2. The molecule has 0 bridgehead atoms. The average molecular weight is 200 g/mol. The Balaban J connectivity index is 2.37. The van der Waals surface area contributed by atoms with Gasteiger partial charge in [0.1, 0.15) is 0 Å². The van der Waals surface area contributed by atoms with E-state index in [2.05, 4.69) is 64.1 Å². The molecule has 15 heavy (non-hydrogen) atoms. The van der Waals surface area contributed by atoms with Crippen molar-refractivity contribution in [3.8, 4) is 0 Å². The SMILES string of the molecule is CC1(C)C=C(c2ccccc2)CC1(C)C. The van der Waals surface area contributed by atoms with Gasteiger partial charge in [0.15, 0.2) is 0 Å². The molecule has 0 fully saturated rings. The molecule has 0 saturated heterocycles. The van der Waals surface area contributed by atoms with Crippen LogP contribution in [-0.2, 0) is 0 Å². The largest absolute Gasteiger partial charge is 0.0745 e. The number of hydrogen-bond donors (Lipinski definition) is 0. The van der Waals surface area contributed by atoms with E-state index in [4.69, 9.17) is 0 Å². The third kappa shape index (κ3) is 1.73. The topological polar surface area (TPSA) is 0 Å². The predicted octanol–water partition coefficient (Wildman–Crippen LogP) is 4.53. The highest BCUT2D eigenvalue weighted by molar-refractivity contribution is 5.69. The van der Waals surface area contributed by atoms with Crippen LogP contribution in [0.2, 0.25) is 0 Å². The molecule has 1 aromatic carbocycles. The third-order valence-electron chi connectivity index (χ3n) is 4.06. The normalized spacial score (nSPS) is 22.5. The summed E-state index contributed by atoms with van der Waals surface area (Å²) in [5.41, 5.74) is 3.57. The minimum atomic E-state index is 0.304. The van der Waals surface area contributed by atoms with Gasteiger partial charge < -0.3 is 0 Å². The summed E-state index contributed by atoms with van der Waals surface area (Å²) in [5, 5.41) is 0. The van der Waals surface area contributed by atoms with Crippen LogP contribution in [0.1, 0.15) is 39.7 Å². The Kier molecular flexibility index (Phi) is 2.26. The van der Waals surface area contributed by atoms with Crippen molar-refractivity contribution in [1.29, 1.82) is 0 Å². The van der Waals surface area contributed by atoms with Crippen LogP contribution in [0.5, 0.6) is 0 Å². The fourth-order valence-electron chi connectivity index (χ4n) is 2.22. The van der Waals surface area contributed by atoms with E-state index in [1.807, 2.05) is 0 Å². The molecular weight excluding hydrogens is 180 g/mol. The Hall–Kier alpha value is -1.04.